The molecule has 2 aromatic rings. The van der Waals surface area contributed by atoms with E-state index in [0.29, 0.717) is 42.2 Å². The molecule has 8 nitrogen and oxygen atoms in total. The molecular formula is C27H32ClN5O3. The lowest BCUT2D eigenvalue weighted by Gasteiger charge is -2.32. The van der Waals surface area contributed by atoms with E-state index in [4.69, 9.17) is 11.6 Å². The molecule has 1 spiro atoms. The van der Waals surface area contributed by atoms with E-state index in [1.165, 1.54) is 6.42 Å². The number of benzene rings is 1. The number of aromatic amines is 1. The van der Waals surface area contributed by atoms with Gasteiger partial charge in [0.2, 0.25) is 11.8 Å². The summed E-state index contributed by atoms with van der Waals surface area (Å²) in [5.74, 6) is -0.898. The van der Waals surface area contributed by atoms with Crippen molar-refractivity contribution in [2.24, 2.45) is 11.3 Å². The predicted molar refractivity (Wildman–Crippen MR) is 136 cm³/mol. The fourth-order valence-corrected chi connectivity index (χ4v) is 6.54. The predicted octanol–water partition coefficient (Wildman–Crippen LogP) is 3.91. The quantitative estimate of drug-likeness (QED) is 0.566. The molecule has 3 fully saturated rings. The number of fused-ring (bicyclic) bond motifs is 1. The fourth-order valence-electron chi connectivity index (χ4n) is 6.31. The zero-order chi connectivity index (χ0) is 25.3. The second kappa shape index (κ2) is 10.1. The van der Waals surface area contributed by atoms with Gasteiger partial charge in [-0.2, -0.15) is 5.26 Å². The number of carbonyl (C=O) groups is 3. The topological polar surface area (TPSA) is 118 Å². The number of para-hydroxylation sites is 1. The van der Waals surface area contributed by atoms with E-state index in [1.54, 1.807) is 17.0 Å². The van der Waals surface area contributed by atoms with Crippen LogP contribution in [-0.2, 0) is 9.59 Å². The number of nitriles is 1. The Morgan fingerprint density at radius 2 is 2.06 bits per heavy atom. The van der Waals surface area contributed by atoms with Gasteiger partial charge in [0.1, 0.15) is 17.8 Å². The van der Waals surface area contributed by atoms with Crippen molar-refractivity contribution in [2.45, 2.75) is 69.9 Å². The molecule has 3 atom stereocenters. The summed E-state index contributed by atoms with van der Waals surface area (Å²) >= 11 is 6.31. The number of carbonyl (C=O) groups excluding carboxylic acids is 3. The number of piperidine rings is 1. The molecule has 1 aromatic carbocycles. The molecule has 1 aliphatic carbocycles. The molecular weight excluding hydrogens is 478 g/mol. The average molecular weight is 510 g/mol. The van der Waals surface area contributed by atoms with Crippen molar-refractivity contribution in [3.05, 3.63) is 35.0 Å². The van der Waals surface area contributed by atoms with Crippen molar-refractivity contribution in [2.75, 3.05) is 13.1 Å². The highest BCUT2D eigenvalue weighted by Gasteiger charge is 2.49. The second-order valence-corrected chi connectivity index (χ2v) is 11.1. The third-order valence-corrected chi connectivity index (χ3v) is 8.53. The summed E-state index contributed by atoms with van der Waals surface area (Å²) in [6.07, 6.45) is 7.78. The smallest absolute Gasteiger partial charge is 0.271 e. The summed E-state index contributed by atoms with van der Waals surface area (Å²) in [6, 6.07) is 8.00. The molecule has 0 unspecified atom stereocenters. The summed E-state index contributed by atoms with van der Waals surface area (Å²) in [6.45, 7) is 1.17. The molecule has 3 aliphatic rings. The molecule has 9 heteroatoms. The first-order chi connectivity index (χ1) is 17.4. The maximum absolute atomic E-state index is 13.7. The Labute approximate surface area is 215 Å². The van der Waals surface area contributed by atoms with Gasteiger partial charge in [-0.3, -0.25) is 14.4 Å². The number of nitrogens with zero attached hydrogens (tertiary/aromatic N) is 2. The van der Waals surface area contributed by atoms with Gasteiger partial charge >= 0.3 is 0 Å². The van der Waals surface area contributed by atoms with Gasteiger partial charge in [0.15, 0.2) is 0 Å². The number of rotatable bonds is 5. The van der Waals surface area contributed by atoms with Gasteiger partial charge in [-0.1, -0.05) is 43.0 Å². The fraction of sp³-hybridized carbons (Fsp3) is 0.556. The Morgan fingerprint density at radius 1 is 1.25 bits per heavy atom. The summed E-state index contributed by atoms with van der Waals surface area (Å²) in [4.78, 5) is 44.3. The van der Waals surface area contributed by atoms with Gasteiger partial charge in [-0.25, -0.2) is 0 Å². The van der Waals surface area contributed by atoms with Crippen molar-refractivity contribution < 1.29 is 14.4 Å². The minimum absolute atomic E-state index is 0.0629. The zero-order valence-electron chi connectivity index (χ0n) is 20.3. The van der Waals surface area contributed by atoms with Crippen LogP contribution >= 0.6 is 11.6 Å². The third-order valence-electron chi connectivity index (χ3n) is 8.21. The Morgan fingerprint density at radius 3 is 2.78 bits per heavy atom. The van der Waals surface area contributed by atoms with Crippen LogP contribution in [0.25, 0.3) is 10.9 Å². The van der Waals surface area contributed by atoms with Gasteiger partial charge in [0.25, 0.3) is 5.91 Å². The molecule has 3 heterocycles. The molecule has 2 saturated heterocycles. The number of nitrogens with one attached hydrogen (secondary N) is 3. The van der Waals surface area contributed by atoms with Crippen LogP contribution in [0, 0.1) is 22.7 Å². The maximum atomic E-state index is 13.7. The molecule has 0 radical (unpaired) electrons. The van der Waals surface area contributed by atoms with Crippen LogP contribution in [0.1, 0.15) is 68.3 Å². The Balaban J connectivity index is 1.37. The van der Waals surface area contributed by atoms with E-state index < -0.39 is 12.1 Å². The van der Waals surface area contributed by atoms with Crippen LogP contribution in [0.15, 0.2) is 24.3 Å². The number of hydrogen-bond donors (Lipinski definition) is 3. The molecule has 190 valence electrons. The first-order valence-electron chi connectivity index (χ1n) is 12.9. The molecule has 1 saturated carbocycles. The zero-order valence-corrected chi connectivity index (χ0v) is 21.1. The maximum Gasteiger partial charge on any atom is 0.271 e. The SMILES string of the molecule is N#C[C@H](C[C@@H]1CCCNC1=O)NC(=O)[C@H]1CC2(CCCCC2)CN1C(=O)c1cc2cccc(Cl)c2[nH]1. The Hall–Kier alpha value is -3.05. The molecule has 0 bridgehead atoms. The minimum atomic E-state index is -0.780. The van der Waals surface area contributed by atoms with E-state index in [1.807, 2.05) is 12.1 Å². The van der Waals surface area contributed by atoms with Crippen molar-refractivity contribution in [3.63, 3.8) is 0 Å². The van der Waals surface area contributed by atoms with Crippen LogP contribution < -0.4 is 10.6 Å². The third kappa shape index (κ3) is 4.81. The number of likely N-dealkylation sites (tertiary alicyclic amines) is 1. The lowest BCUT2D eigenvalue weighted by molar-refractivity contribution is -0.128. The van der Waals surface area contributed by atoms with Gasteiger partial charge in [0.05, 0.1) is 16.6 Å². The van der Waals surface area contributed by atoms with Gasteiger partial charge in [-0.15, -0.1) is 0 Å². The first-order valence-corrected chi connectivity index (χ1v) is 13.3. The highest BCUT2D eigenvalue weighted by Crippen LogP contribution is 2.46. The summed E-state index contributed by atoms with van der Waals surface area (Å²) < 4.78 is 0. The number of hydrogen-bond acceptors (Lipinski definition) is 4. The average Bonchev–Trinajstić information content (AvgIpc) is 3.48. The van der Waals surface area contributed by atoms with Crippen molar-refractivity contribution in [1.82, 2.24) is 20.5 Å². The standard InChI is InChI=1S/C27H32ClN5O3/c28-20-8-4-6-17-13-21(32-23(17)20)26(36)33-16-27(9-2-1-3-10-27)14-22(33)25(35)31-19(15-29)12-18-7-5-11-30-24(18)34/h4,6,8,13,18-19,22,32H,1-3,5,7,9-12,14,16H2,(H,30,34)(H,31,35)/t18-,19-,22+/m0/s1. The van der Waals surface area contributed by atoms with Crippen LogP contribution in [0.3, 0.4) is 0 Å². The van der Waals surface area contributed by atoms with E-state index in [0.717, 1.165) is 37.5 Å². The van der Waals surface area contributed by atoms with E-state index in [-0.39, 0.29) is 35.5 Å². The monoisotopic (exact) mass is 509 g/mol. The van der Waals surface area contributed by atoms with Crippen LogP contribution in [-0.4, -0.2) is 52.8 Å². The van der Waals surface area contributed by atoms with E-state index in [2.05, 4.69) is 21.7 Å². The largest absolute Gasteiger partial charge is 0.356 e. The van der Waals surface area contributed by atoms with Gasteiger partial charge < -0.3 is 20.5 Å². The number of halogens is 1. The molecule has 2 aliphatic heterocycles. The molecule has 36 heavy (non-hydrogen) atoms. The number of aromatic nitrogens is 1. The summed E-state index contributed by atoms with van der Waals surface area (Å²) in [5.41, 5.74) is 1.02. The van der Waals surface area contributed by atoms with E-state index in [9.17, 15) is 19.6 Å². The second-order valence-electron chi connectivity index (χ2n) is 10.7. The number of amides is 3. The Kier molecular flexibility index (Phi) is 6.94. The molecule has 3 N–H and O–H groups in total. The summed E-state index contributed by atoms with van der Waals surface area (Å²) in [5, 5.41) is 16.8. The minimum Gasteiger partial charge on any atom is -0.356 e. The van der Waals surface area contributed by atoms with Crippen molar-refractivity contribution in [3.8, 4) is 6.07 Å². The summed E-state index contributed by atoms with van der Waals surface area (Å²) in [7, 11) is 0. The first kappa shape index (κ1) is 24.6. The number of H-pyrrole nitrogens is 1. The lowest BCUT2D eigenvalue weighted by atomic mass is 9.72. The van der Waals surface area contributed by atoms with Gasteiger partial charge in [0, 0.05) is 24.4 Å². The lowest BCUT2D eigenvalue weighted by Crippen LogP contribution is -2.49. The van der Waals surface area contributed by atoms with Crippen LogP contribution in [0.2, 0.25) is 5.02 Å². The Bertz CT molecular complexity index is 1210. The highest BCUT2D eigenvalue weighted by molar-refractivity contribution is 6.35. The van der Waals surface area contributed by atoms with Crippen molar-refractivity contribution in [1.29, 1.82) is 5.26 Å². The molecule has 3 amide bonds. The van der Waals surface area contributed by atoms with Gasteiger partial charge in [-0.05, 0) is 56.1 Å². The van der Waals surface area contributed by atoms with Crippen LogP contribution in [0.5, 0.6) is 0 Å². The molecule has 5 rings (SSSR count). The highest BCUT2D eigenvalue weighted by atomic mass is 35.5. The molecule has 1 aromatic heterocycles. The van der Waals surface area contributed by atoms with Crippen LogP contribution in [0.4, 0.5) is 0 Å². The van der Waals surface area contributed by atoms with E-state index >= 15 is 0 Å². The van der Waals surface area contributed by atoms with Crippen molar-refractivity contribution >= 4 is 40.2 Å². The normalized spacial score (nSPS) is 24.3.